The SMILES string of the molecule is CCCCC(=O)Nc1ccc(OC)c(N(CC)CC)c1. The van der Waals surface area contributed by atoms with Gasteiger partial charge in [0.05, 0.1) is 12.8 Å². The van der Waals surface area contributed by atoms with E-state index < -0.39 is 0 Å². The van der Waals surface area contributed by atoms with Gasteiger partial charge in [0.2, 0.25) is 5.91 Å². The van der Waals surface area contributed by atoms with Crippen molar-refractivity contribution >= 4 is 17.3 Å². The lowest BCUT2D eigenvalue weighted by Crippen LogP contribution is -2.22. The first-order valence-corrected chi connectivity index (χ1v) is 7.39. The molecule has 1 N–H and O–H groups in total. The van der Waals surface area contributed by atoms with Gasteiger partial charge in [0, 0.05) is 25.2 Å². The third-order valence-electron chi connectivity index (χ3n) is 3.32. The molecule has 0 atom stereocenters. The van der Waals surface area contributed by atoms with Crippen LogP contribution in [-0.2, 0) is 4.79 Å². The minimum Gasteiger partial charge on any atom is -0.495 e. The number of hydrogen-bond acceptors (Lipinski definition) is 3. The molecule has 0 radical (unpaired) electrons. The summed E-state index contributed by atoms with van der Waals surface area (Å²) in [5.74, 6) is 0.905. The van der Waals surface area contributed by atoms with Crippen LogP contribution >= 0.6 is 0 Å². The van der Waals surface area contributed by atoms with E-state index >= 15 is 0 Å². The highest BCUT2D eigenvalue weighted by molar-refractivity contribution is 5.91. The Morgan fingerprint density at radius 3 is 2.50 bits per heavy atom. The van der Waals surface area contributed by atoms with Crippen LogP contribution in [0.4, 0.5) is 11.4 Å². The van der Waals surface area contributed by atoms with Gasteiger partial charge in [0.25, 0.3) is 0 Å². The van der Waals surface area contributed by atoms with Crippen molar-refractivity contribution in [2.24, 2.45) is 0 Å². The Morgan fingerprint density at radius 1 is 1.25 bits per heavy atom. The molecule has 0 aliphatic rings. The topological polar surface area (TPSA) is 41.6 Å². The summed E-state index contributed by atoms with van der Waals surface area (Å²) in [6, 6.07) is 5.77. The van der Waals surface area contributed by atoms with E-state index in [1.165, 1.54) is 0 Å². The fourth-order valence-corrected chi connectivity index (χ4v) is 2.14. The van der Waals surface area contributed by atoms with Crippen LogP contribution in [0.15, 0.2) is 18.2 Å². The molecule has 4 heteroatoms. The summed E-state index contributed by atoms with van der Waals surface area (Å²) in [6.45, 7) is 8.10. The van der Waals surface area contributed by atoms with Crippen LogP contribution in [0, 0.1) is 0 Å². The molecular weight excluding hydrogens is 252 g/mol. The van der Waals surface area contributed by atoms with Crippen LogP contribution in [0.25, 0.3) is 0 Å². The fraction of sp³-hybridized carbons (Fsp3) is 0.562. The van der Waals surface area contributed by atoms with Crippen LogP contribution in [0.5, 0.6) is 5.75 Å². The van der Waals surface area contributed by atoms with Gasteiger partial charge >= 0.3 is 0 Å². The van der Waals surface area contributed by atoms with E-state index in [4.69, 9.17) is 4.74 Å². The summed E-state index contributed by atoms with van der Waals surface area (Å²) in [5, 5.41) is 2.95. The number of nitrogens with one attached hydrogen (secondary N) is 1. The molecule has 0 spiro atoms. The number of anilines is 2. The van der Waals surface area contributed by atoms with Crippen LogP contribution in [0.1, 0.15) is 40.0 Å². The molecule has 1 aromatic rings. The van der Waals surface area contributed by atoms with Crippen molar-refractivity contribution in [3.05, 3.63) is 18.2 Å². The highest BCUT2D eigenvalue weighted by Crippen LogP contribution is 2.31. The molecule has 4 nitrogen and oxygen atoms in total. The third-order valence-corrected chi connectivity index (χ3v) is 3.32. The van der Waals surface area contributed by atoms with Gasteiger partial charge in [-0.3, -0.25) is 4.79 Å². The molecule has 20 heavy (non-hydrogen) atoms. The number of ether oxygens (including phenoxy) is 1. The van der Waals surface area contributed by atoms with Crippen molar-refractivity contribution in [1.82, 2.24) is 0 Å². The Bertz CT molecular complexity index is 428. The monoisotopic (exact) mass is 278 g/mol. The van der Waals surface area contributed by atoms with Crippen molar-refractivity contribution in [2.45, 2.75) is 40.0 Å². The van der Waals surface area contributed by atoms with Crippen molar-refractivity contribution < 1.29 is 9.53 Å². The summed E-state index contributed by atoms with van der Waals surface area (Å²) in [6.07, 6.45) is 2.52. The number of benzene rings is 1. The van der Waals surface area contributed by atoms with Gasteiger partial charge in [-0.05, 0) is 38.5 Å². The number of carbonyl (C=O) groups is 1. The van der Waals surface area contributed by atoms with Gasteiger partial charge in [-0.25, -0.2) is 0 Å². The van der Waals surface area contributed by atoms with E-state index in [-0.39, 0.29) is 5.91 Å². The molecule has 1 aromatic carbocycles. The highest BCUT2D eigenvalue weighted by atomic mass is 16.5. The molecule has 0 bridgehead atoms. The van der Waals surface area contributed by atoms with Crippen molar-refractivity contribution in [1.29, 1.82) is 0 Å². The van der Waals surface area contributed by atoms with E-state index in [2.05, 4.69) is 31.0 Å². The van der Waals surface area contributed by atoms with Gasteiger partial charge in [-0.1, -0.05) is 13.3 Å². The number of hydrogen-bond donors (Lipinski definition) is 1. The number of amides is 1. The molecular formula is C16H26N2O2. The predicted molar refractivity (Wildman–Crippen MR) is 84.7 cm³/mol. The maximum Gasteiger partial charge on any atom is 0.224 e. The standard InChI is InChI=1S/C16H26N2O2/c1-5-8-9-16(19)17-13-10-11-15(20-4)14(12-13)18(6-2)7-3/h10-12H,5-9H2,1-4H3,(H,17,19). The first-order chi connectivity index (χ1) is 9.65. The molecule has 0 fully saturated rings. The minimum absolute atomic E-state index is 0.0718. The van der Waals surface area contributed by atoms with Gasteiger partial charge in [-0.15, -0.1) is 0 Å². The Kier molecular flexibility index (Phi) is 6.91. The first kappa shape index (κ1) is 16.3. The van der Waals surface area contributed by atoms with Crippen molar-refractivity contribution in [3.8, 4) is 5.75 Å². The van der Waals surface area contributed by atoms with Gasteiger partial charge in [0.1, 0.15) is 5.75 Å². The Hall–Kier alpha value is -1.71. The van der Waals surface area contributed by atoms with Crippen LogP contribution in [0.2, 0.25) is 0 Å². The quantitative estimate of drug-likeness (QED) is 0.789. The largest absolute Gasteiger partial charge is 0.495 e. The minimum atomic E-state index is 0.0718. The summed E-state index contributed by atoms with van der Waals surface area (Å²) in [4.78, 5) is 14.0. The molecule has 1 rings (SSSR count). The maximum absolute atomic E-state index is 11.8. The average Bonchev–Trinajstić information content (AvgIpc) is 2.47. The number of nitrogens with zero attached hydrogens (tertiary/aromatic N) is 1. The molecule has 0 aliphatic carbocycles. The highest BCUT2D eigenvalue weighted by Gasteiger charge is 2.11. The summed E-state index contributed by atoms with van der Waals surface area (Å²) in [5.41, 5.74) is 1.85. The van der Waals surface area contributed by atoms with Crippen molar-refractivity contribution in [3.63, 3.8) is 0 Å². The lowest BCUT2D eigenvalue weighted by Gasteiger charge is -2.24. The number of unbranched alkanes of at least 4 members (excludes halogenated alkanes) is 1. The number of carbonyl (C=O) groups excluding carboxylic acids is 1. The second-order valence-corrected chi connectivity index (χ2v) is 4.71. The van der Waals surface area contributed by atoms with E-state index in [1.807, 2.05) is 18.2 Å². The third kappa shape index (κ3) is 4.44. The van der Waals surface area contributed by atoms with Crippen LogP contribution in [0.3, 0.4) is 0 Å². The Morgan fingerprint density at radius 2 is 1.95 bits per heavy atom. The van der Waals surface area contributed by atoms with Gasteiger partial charge in [-0.2, -0.15) is 0 Å². The first-order valence-electron chi connectivity index (χ1n) is 7.39. The predicted octanol–water partition coefficient (Wildman–Crippen LogP) is 3.67. The number of rotatable bonds is 8. The van der Waals surface area contributed by atoms with Crippen LogP contribution < -0.4 is 15.0 Å². The zero-order valence-corrected chi connectivity index (χ0v) is 13.0. The average molecular weight is 278 g/mol. The Balaban J connectivity index is 2.89. The molecule has 0 saturated carbocycles. The molecule has 0 saturated heterocycles. The number of methoxy groups -OCH3 is 1. The van der Waals surface area contributed by atoms with Gasteiger partial charge in [0.15, 0.2) is 0 Å². The molecule has 0 aliphatic heterocycles. The zero-order valence-electron chi connectivity index (χ0n) is 13.0. The Labute approximate surface area is 122 Å². The normalized spacial score (nSPS) is 10.2. The lowest BCUT2D eigenvalue weighted by atomic mass is 10.2. The summed E-state index contributed by atoms with van der Waals surface area (Å²) < 4.78 is 5.40. The summed E-state index contributed by atoms with van der Waals surface area (Å²) >= 11 is 0. The molecule has 112 valence electrons. The van der Waals surface area contributed by atoms with Crippen LogP contribution in [-0.4, -0.2) is 26.1 Å². The molecule has 1 amide bonds. The van der Waals surface area contributed by atoms with E-state index in [9.17, 15) is 4.79 Å². The molecule has 0 unspecified atom stereocenters. The second-order valence-electron chi connectivity index (χ2n) is 4.71. The van der Waals surface area contributed by atoms with Crippen molar-refractivity contribution in [2.75, 3.05) is 30.4 Å². The fourth-order valence-electron chi connectivity index (χ4n) is 2.14. The molecule has 0 aromatic heterocycles. The lowest BCUT2D eigenvalue weighted by molar-refractivity contribution is -0.116. The van der Waals surface area contributed by atoms with Gasteiger partial charge < -0.3 is 15.0 Å². The molecule has 0 heterocycles. The smallest absolute Gasteiger partial charge is 0.224 e. The van der Waals surface area contributed by atoms with E-state index in [0.717, 1.165) is 43.1 Å². The maximum atomic E-state index is 11.8. The second kappa shape index (κ2) is 8.46. The van der Waals surface area contributed by atoms with E-state index in [0.29, 0.717) is 6.42 Å². The zero-order chi connectivity index (χ0) is 15.0. The van der Waals surface area contributed by atoms with E-state index in [1.54, 1.807) is 7.11 Å². The summed E-state index contributed by atoms with van der Waals surface area (Å²) in [7, 11) is 1.67.